The first kappa shape index (κ1) is 22.3. The molecule has 0 bridgehead atoms. The number of piperidine rings is 1. The minimum absolute atomic E-state index is 0.0290. The van der Waals surface area contributed by atoms with Gasteiger partial charge in [-0.1, -0.05) is 6.42 Å². The monoisotopic (exact) mass is 461 g/mol. The van der Waals surface area contributed by atoms with Crippen LogP contribution in [0.4, 0.5) is 11.4 Å². The number of hydrogen-bond donors (Lipinski definition) is 0. The summed E-state index contributed by atoms with van der Waals surface area (Å²) in [4.78, 5) is 13.3. The van der Waals surface area contributed by atoms with Gasteiger partial charge in [0.2, 0.25) is 10.0 Å². The summed E-state index contributed by atoms with van der Waals surface area (Å²) >= 11 is 0. The van der Waals surface area contributed by atoms with Crippen LogP contribution in [0.15, 0.2) is 35.2 Å². The number of benzene rings is 2. The second kappa shape index (κ2) is 8.95. The Morgan fingerprint density at radius 1 is 0.938 bits per heavy atom. The molecule has 0 radical (unpaired) electrons. The highest BCUT2D eigenvalue weighted by atomic mass is 32.2. The molecule has 1 saturated heterocycles. The van der Waals surface area contributed by atoms with Gasteiger partial charge < -0.3 is 14.4 Å². The lowest BCUT2D eigenvalue weighted by Crippen LogP contribution is -2.35. The van der Waals surface area contributed by atoms with Crippen LogP contribution < -0.4 is 14.4 Å². The average molecular weight is 462 g/mol. The van der Waals surface area contributed by atoms with Gasteiger partial charge in [0.1, 0.15) is 5.69 Å². The molecule has 2 aromatic rings. The van der Waals surface area contributed by atoms with E-state index in [1.807, 2.05) is 17.0 Å². The summed E-state index contributed by atoms with van der Waals surface area (Å²) in [6, 6.07) is 8.07. The molecule has 2 aromatic carbocycles. The van der Waals surface area contributed by atoms with Crippen LogP contribution >= 0.6 is 0 Å². The largest absolute Gasteiger partial charge is 0.493 e. The predicted octanol–water partition coefficient (Wildman–Crippen LogP) is 3.35. The fraction of sp³-hybridized carbons (Fsp3) is 0.455. The number of sulfonamides is 1. The van der Waals surface area contributed by atoms with Crippen LogP contribution in [0.5, 0.6) is 11.5 Å². The van der Waals surface area contributed by atoms with Crippen LogP contribution in [0.25, 0.3) is 0 Å². The van der Waals surface area contributed by atoms with E-state index in [0.717, 1.165) is 30.4 Å². The molecule has 0 amide bonds. The van der Waals surface area contributed by atoms with Gasteiger partial charge in [-0.25, -0.2) is 8.42 Å². The van der Waals surface area contributed by atoms with Gasteiger partial charge in [-0.3, -0.25) is 10.1 Å². The summed E-state index contributed by atoms with van der Waals surface area (Å²) < 4.78 is 38.2. The summed E-state index contributed by atoms with van der Waals surface area (Å²) in [6.45, 7) is 1.93. The number of ether oxygens (including phenoxy) is 2. The Morgan fingerprint density at radius 2 is 1.59 bits per heavy atom. The molecule has 0 saturated carbocycles. The van der Waals surface area contributed by atoms with Crippen molar-refractivity contribution in [3.05, 3.63) is 51.6 Å². The number of methoxy groups -OCH3 is 2. The third-order valence-electron chi connectivity index (χ3n) is 6.16. The Labute approximate surface area is 187 Å². The molecule has 1 fully saturated rings. The van der Waals surface area contributed by atoms with E-state index < -0.39 is 14.9 Å². The molecule has 9 nitrogen and oxygen atoms in total. The van der Waals surface area contributed by atoms with E-state index in [2.05, 4.69) is 0 Å². The lowest BCUT2D eigenvalue weighted by atomic mass is 9.98. The maximum atomic E-state index is 13.0. The number of nitro groups is 1. The third-order valence-corrected chi connectivity index (χ3v) is 8.05. The Bertz CT molecular complexity index is 1130. The smallest absolute Gasteiger partial charge is 0.293 e. The van der Waals surface area contributed by atoms with Crippen molar-refractivity contribution < 1.29 is 22.8 Å². The van der Waals surface area contributed by atoms with Gasteiger partial charge in [0.25, 0.3) is 5.69 Å². The SMILES string of the molecule is COc1cc2c(cc1OC)CN(c1ccc(S(=O)(=O)N3CCCCC3)cc1[N+](=O)[O-])CC2. The highest BCUT2D eigenvalue weighted by molar-refractivity contribution is 7.89. The zero-order valence-electron chi connectivity index (χ0n) is 18.2. The minimum atomic E-state index is -3.75. The molecule has 172 valence electrons. The van der Waals surface area contributed by atoms with Crippen molar-refractivity contribution in [1.82, 2.24) is 4.31 Å². The Kier molecular flexibility index (Phi) is 6.25. The molecule has 0 unspecified atom stereocenters. The zero-order chi connectivity index (χ0) is 22.9. The van der Waals surface area contributed by atoms with Crippen molar-refractivity contribution in [2.24, 2.45) is 0 Å². The first-order valence-electron chi connectivity index (χ1n) is 10.6. The first-order valence-corrected chi connectivity index (χ1v) is 12.1. The van der Waals surface area contributed by atoms with Gasteiger partial charge in [-0.05, 0) is 54.7 Å². The Hall–Kier alpha value is -2.85. The van der Waals surface area contributed by atoms with E-state index in [4.69, 9.17) is 9.47 Å². The number of fused-ring (bicyclic) bond motifs is 1. The molecule has 0 atom stereocenters. The van der Waals surface area contributed by atoms with Crippen LogP contribution in [0.2, 0.25) is 0 Å². The number of rotatable bonds is 6. The molecular formula is C22H27N3O6S. The minimum Gasteiger partial charge on any atom is -0.493 e. The van der Waals surface area contributed by atoms with Gasteiger partial charge in [0, 0.05) is 32.2 Å². The van der Waals surface area contributed by atoms with Crippen LogP contribution in [-0.4, -0.2) is 51.5 Å². The highest BCUT2D eigenvalue weighted by Gasteiger charge is 2.30. The molecule has 0 aromatic heterocycles. The second-order valence-corrected chi connectivity index (χ2v) is 9.96. The average Bonchev–Trinajstić information content (AvgIpc) is 2.82. The lowest BCUT2D eigenvalue weighted by molar-refractivity contribution is -0.384. The fourth-order valence-electron chi connectivity index (χ4n) is 4.42. The van der Waals surface area contributed by atoms with E-state index in [0.29, 0.717) is 49.8 Å². The quantitative estimate of drug-likeness (QED) is 0.480. The van der Waals surface area contributed by atoms with Gasteiger partial charge in [-0.2, -0.15) is 4.31 Å². The van der Waals surface area contributed by atoms with Crippen LogP contribution in [-0.2, 0) is 23.0 Å². The van der Waals surface area contributed by atoms with Crippen molar-refractivity contribution in [2.75, 3.05) is 38.8 Å². The molecule has 0 aliphatic carbocycles. The van der Waals surface area contributed by atoms with Gasteiger partial charge in [0.05, 0.1) is 24.0 Å². The predicted molar refractivity (Wildman–Crippen MR) is 120 cm³/mol. The zero-order valence-corrected chi connectivity index (χ0v) is 19.1. The Balaban J connectivity index is 1.67. The molecule has 2 aliphatic rings. The molecule has 10 heteroatoms. The standard InChI is InChI=1S/C22H27N3O6S/c1-30-21-12-16-8-11-23(15-17(16)13-22(21)31-2)19-7-6-18(14-20(19)25(26)27)32(28,29)24-9-4-3-5-10-24/h6-7,12-14H,3-5,8-11,15H2,1-2H3. The van der Waals surface area contributed by atoms with E-state index in [9.17, 15) is 18.5 Å². The molecule has 32 heavy (non-hydrogen) atoms. The number of hydrogen-bond acceptors (Lipinski definition) is 7. The highest BCUT2D eigenvalue weighted by Crippen LogP contribution is 2.38. The van der Waals surface area contributed by atoms with E-state index in [1.54, 1.807) is 20.3 Å². The van der Waals surface area contributed by atoms with Crippen LogP contribution in [0.1, 0.15) is 30.4 Å². The number of anilines is 1. The van der Waals surface area contributed by atoms with Crippen molar-refractivity contribution in [1.29, 1.82) is 0 Å². The molecule has 4 rings (SSSR count). The Morgan fingerprint density at radius 3 is 2.22 bits per heavy atom. The van der Waals surface area contributed by atoms with Gasteiger partial charge in [-0.15, -0.1) is 0 Å². The van der Waals surface area contributed by atoms with Gasteiger partial charge in [0.15, 0.2) is 11.5 Å². The molecule has 2 aliphatic heterocycles. The van der Waals surface area contributed by atoms with E-state index in [1.165, 1.54) is 16.4 Å². The van der Waals surface area contributed by atoms with Crippen molar-refractivity contribution in [2.45, 2.75) is 37.1 Å². The summed E-state index contributed by atoms with van der Waals surface area (Å²) in [6.07, 6.45) is 3.29. The fourth-order valence-corrected chi connectivity index (χ4v) is 5.96. The molecular weight excluding hydrogens is 434 g/mol. The molecule has 0 spiro atoms. The van der Waals surface area contributed by atoms with E-state index >= 15 is 0 Å². The normalized spacial score (nSPS) is 17.0. The third kappa shape index (κ3) is 4.12. The first-order chi connectivity index (χ1) is 15.3. The van der Waals surface area contributed by atoms with Crippen molar-refractivity contribution >= 4 is 21.4 Å². The van der Waals surface area contributed by atoms with E-state index in [-0.39, 0.29) is 10.6 Å². The second-order valence-electron chi connectivity index (χ2n) is 8.02. The number of nitro benzene ring substituents is 1. The number of nitrogens with zero attached hydrogens (tertiary/aromatic N) is 3. The topological polar surface area (TPSA) is 102 Å². The summed E-state index contributed by atoms with van der Waals surface area (Å²) in [5.41, 5.74) is 2.30. The summed E-state index contributed by atoms with van der Waals surface area (Å²) in [7, 11) is -0.599. The van der Waals surface area contributed by atoms with Crippen molar-refractivity contribution in [3.63, 3.8) is 0 Å². The molecule has 0 N–H and O–H groups in total. The van der Waals surface area contributed by atoms with Crippen LogP contribution in [0, 0.1) is 10.1 Å². The van der Waals surface area contributed by atoms with Crippen molar-refractivity contribution in [3.8, 4) is 11.5 Å². The van der Waals surface area contributed by atoms with Crippen LogP contribution in [0.3, 0.4) is 0 Å². The summed E-state index contributed by atoms with van der Waals surface area (Å²) in [5, 5.41) is 11.9. The maximum absolute atomic E-state index is 13.0. The molecule has 2 heterocycles. The maximum Gasteiger partial charge on any atom is 0.293 e. The lowest BCUT2D eigenvalue weighted by Gasteiger charge is -2.31. The van der Waals surface area contributed by atoms with Gasteiger partial charge >= 0.3 is 0 Å². The summed E-state index contributed by atoms with van der Waals surface area (Å²) in [5.74, 6) is 1.25.